The molecule has 1 atom stereocenters. The van der Waals surface area contributed by atoms with Crippen LogP contribution in [0.5, 0.6) is 0 Å². The SMILES string of the molecule is CC(=O)Nc1cc(NC(=O)C(N)C2CCOCC2)ccc1F. The molecule has 0 bridgehead atoms. The van der Waals surface area contributed by atoms with Crippen LogP contribution >= 0.6 is 0 Å². The highest BCUT2D eigenvalue weighted by atomic mass is 19.1. The van der Waals surface area contributed by atoms with Crippen molar-refractivity contribution >= 4 is 23.2 Å². The molecule has 0 aromatic heterocycles. The Kier molecular flexibility index (Phi) is 5.46. The van der Waals surface area contributed by atoms with Crippen molar-refractivity contribution < 1.29 is 18.7 Å². The Labute approximate surface area is 128 Å². The molecule has 1 aromatic rings. The fraction of sp³-hybridized carbons (Fsp3) is 0.467. The normalized spacial score (nSPS) is 16.9. The molecule has 1 fully saturated rings. The average molecular weight is 309 g/mol. The molecule has 0 aliphatic carbocycles. The number of benzene rings is 1. The molecule has 1 heterocycles. The van der Waals surface area contributed by atoms with Crippen molar-refractivity contribution in [2.24, 2.45) is 11.7 Å². The standard InChI is InChI=1S/C15H20FN3O3/c1-9(20)18-13-8-11(2-3-12(13)16)19-15(21)14(17)10-4-6-22-7-5-10/h2-3,8,10,14H,4-7,17H2,1H3,(H,18,20)(H,19,21). The molecule has 1 aliphatic rings. The summed E-state index contributed by atoms with van der Waals surface area (Å²) in [5, 5.41) is 5.02. The first kappa shape index (κ1) is 16.4. The molecule has 1 unspecified atom stereocenters. The summed E-state index contributed by atoms with van der Waals surface area (Å²) >= 11 is 0. The Morgan fingerprint density at radius 2 is 2.00 bits per heavy atom. The van der Waals surface area contributed by atoms with E-state index >= 15 is 0 Å². The molecular formula is C15H20FN3O3. The zero-order valence-corrected chi connectivity index (χ0v) is 12.4. The van der Waals surface area contributed by atoms with E-state index in [0.717, 1.165) is 12.8 Å². The largest absolute Gasteiger partial charge is 0.381 e. The minimum Gasteiger partial charge on any atom is -0.381 e. The van der Waals surface area contributed by atoms with Gasteiger partial charge in [-0.15, -0.1) is 0 Å². The summed E-state index contributed by atoms with van der Waals surface area (Å²) in [6.07, 6.45) is 1.49. The Bertz CT molecular complexity index is 559. The van der Waals surface area contributed by atoms with Crippen molar-refractivity contribution in [3.8, 4) is 0 Å². The number of carbonyl (C=O) groups is 2. The van der Waals surface area contributed by atoms with E-state index in [1.54, 1.807) is 0 Å². The van der Waals surface area contributed by atoms with Gasteiger partial charge in [-0.1, -0.05) is 0 Å². The number of ether oxygens (including phenoxy) is 1. The number of halogens is 1. The van der Waals surface area contributed by atoms with Gasteiger partial charge in [0.2, 0.25) is 11.8 Å². The number of nitrogens with one attached hydrogen (secondary N) is 2. The number of carbonyl (C=O) groups excluding carboxylic acids is 2. The molecule has 6 nitrogen and oxygen atoms in total. The molecule has 2 amide bonds. The van der Waals surface area contributed by atoms with Crippen molar-refractivity contribution in [3.05, 3.63) is 24.0 Å². The molecule has 0 spiro atoms. The van der Waals surface area contributed by atoms with E-state index in [4.69, 9.17) is 10.5 Å². The monoisotopic (exact) mass is 309 g/mol. The molecule has 2 rings (SSSR count). The molecule has 120 valence electrons. The highest BCUT2D eigenvalue weighted by molar-refractivity contribution is 5.96. The first-order chi connectivity index (χ1) is 10.5. The van der Waals surface area contributed by atoms with E-state index in [1.165, 1.54) is 25.1 Å². The molecule has 7 heteroatoms. The van der Waals surface area contributed by atoms with Gasteiger partial charge >= 0.3 is 0 Å². The summed E-state index contributed by atoms with van der Waals surface area (Å²) < 4.78 is 18.8. The maximum absolute atomic E-state index is 13.6. The Morgan fingerprint density at radius 3 is 2.64 bits per heavy atom. The summed E-state index contributed by atoms with van der Waals surface area (Å²) in [7, 11) is 0. The van der Waals surface area contributed by atoms with Gasteiger partial charge in [0.1, 0.15) is 5.82 Å². The summed E-state index contributed by atoms with van der Waals surface area (Å²) in [6, 6.07) is 3.33. The topological polar surface area (TPSA) is 93.5 Å². The lowest BCUT2D eigenvalue weighted by atomic mass is 9.92. The van der Waals surface area contributed by atoms with Crippen LogP contribution in [-0.4, -0.2) is 31.1 Å². The molecule has 0 radical (unpaired) electrons. The third-order valence-corrected chi connectivity index (χ3v) is 3.62. The van der Waals surface area contributed by atoms with Gasteiger partial charge in [0.05, 0.1) is 11.7 Å². The van der Waals surface area contributed by atoms with Crippen LogP contribution in [0, 0.1) is 11.7 Å². The minimum atomic E-state index is -0.641. The second kappa shape index (κ2) is 7.33. The number of rotatable bonds is 4. The van der Waals surface area contributed by atoms with E-state index in [0.29, 0.717) is 18.9 Å². The minimum absolute atomic E-state index is 0.0185. The Hall–Kier alpha value is -1.99. The van der Waals surface area contributed by atoms with E-state index in [1.807, 2.05) is 0 Å². The number of hydrogen-bond donors (Lipinski definition) is 3. The van der Waals surface area contributed by atoms with Crippen molar-refractivity contribution in [1.82, 2.24) is 0 Å². The molecule has 1 aliphatic heterocycles. The number of hydrogen-bond acceptors (Lipinski definition) is 4. The summed E-state index contributed by atoms with van der Waals surface area (Å²) in [6.45, 7) is 2.50. The first-order valence-electron chi connectivity index (χ1n) is 7.18. The van der Waals surface area contributed by atoms with Crippen LogP contribution in [0.2, 0.25) is 0 Å². The fourth-order valence-electron chi connectivity index (χ4n) is 2.40. The highest BCUT2D eigenvalue weighted by Crippen LogP contribution is 2.22. The molecular weight excluding hydrogens is 289 g/mol. The van der Waals surface area contributed by atoms with Crippen LogP contribution in [0.25, 0.3) is 0 Å². The van der Waals surface area contributed by atoms with Crippen molar-refractivity contribution in [2.45, 2.75) is 25.8 Å². The zero-order valence-electron chi connectivity index (χ0n) is 12.4. The lowest BCUT2D eigenvalue weighted by Crippen LogP contribution is -2.44. The Morgan fingerprint density at radius 1 is 1.32 bits per heavy atom. The summed E-state index contributed by atoms with van der Waals surface area (Å²) in [5.74, 6) is -1.21. The van der Waals surface area contributed by atoms with Gasteiger partial charge in [0.15, 0.2) is 0 Å². The van der Waals surface area contributed by atoms with Crippen LogP contribution in [0.4, 0.5) is 15.8 Å². The van der Waals surface area contributed by atoms with Crippen LogP contribution in [-0.2, 0) is 14.3 Å². The molecule has 1 aromatic carbocycles. The molecule has 0 saturated carbocycles. The van der Waals surface area contributed by atoms with E-state index in [9.17, 15) is 14.0 Å². The van der Waals surface area contributed by atoms with Crippen LogP contribution < -0.4 is 16.4 Å². The van der Waals surface area contributed by atoms with Gasteiger partial charge in [0.25, 0.3) is 0 Å². The zero-order chi connectivity index (χ0) is 16.1. The molecule has 4 N–H and O–H groups in total. The van der Waals surface area contributed by atoms with Crippen molar-refractivity contribution in [3.63, 3.8) is 0 Å². The number of amides is 2. The fourth-order valence-corrected chi connectivity index (χ4v) is 2.40. The van der Waals surface area contributed by atoms with Crippen LogP contribution in [0.15, 0.2) is 18.2 Å². The van der Waals surface area contributed by atoms with Gasteiger partial charge in [-0.3, -0.25) is 9.59 Å². The van der Waals surface area contributed by atoms with Crippen molar-refractivity contribution in [1.29, 1.82) is 0 Å². The van der Waals surface area contributed by atoms with Gasteiger partial charge in [-0.2, -0.15) is 0 Å². The van der Waals surface area contributed by atoms with E-state index < -0.39 is 11.9 Å². The quantitative estimate of drug-likeness (QED) is 0.785. The van der Waals surface area contributed by atoms with Gasteiger partial charge < -0.3 is 21.1 Å². The van der Waals surface area contributed by atoms with E-state index in [2.05, 4.69) is 10.6 Å². The maximum atomic E-state index is 13.6. The predicted octanol–water partition coefficient (Wildman–Crippen LogP) is 1.48. The first-order valence-corrected chi connectivity index (χ1v) is 7.18. The lowest BCUT2D eigenvalue weighted by Gasteiger charge is -2.26. The van der Waals surface area contributed by atoms with Gasteiger partial charge in [-0.05, 0) is 37.0 Å². The Balaban J connectivity index is 2.02. The number of nitrogens with two attached hydrogens (primary N) is 1. The average Bonchev–Trinajstić information content (AvgIpc) is 2.50. The summed E-state index contributed by atoms with van der Waals surface area (Å²) in [5.41, 5.74) is 6.38. The highest BCUT2D eigenvalue weighted by Gasteiger charge is 2.26. The second-order valence-corrected chi connectivity index (χ2v) is 5.34. The maximum Gasteiger partial charge on any atom is 0.241 e. The second-order valence-electron chi connectivity index (χ2n) is 5.34. The molecule has 1 saturated heterocycles. The lowest BCUT2D eigenvalue weighted by molar-refractivity contribution is -0.119. The predicted molar refractivity (Wildman–Crippen MR) is 80.9 cm³/mol. The molecule has 22 heavy (non-hydrogen) atoms. The third-order valence-electron chi connectivity index (χ3n) is 3.62. The van der Waals surface area contributed by atoms with Crippen LogP contribution in [0.1, 0.15) is 19.8 Å². The van der Waals surface area contributed by atoms with Gasteiger partial charge in [0, 0.05) is 25.8 Å². The van der Waals surface area contributed by atoms with Crippen molar-refractivity contribution in [2.75, 3.05) is 23.8 Å². The van der Waals surface area contributed by atoms with Crippen LogP contribution in [0.3, 0.4) is 0 Å². The summed E-state index contributed by atoms with van der Waals surface area (Å²) in [4.78, 5) is 23.2. The number of anilines is 2. The van der Waals surface area contributed by atoms with Gasteiger partial charge in [-0.25, -0.2) is 4.39 Å². The third kappa shape index (κ3) is 4.25. The van der Waals surface area contributed by atoms with E-state index in [-0.39, 0.29) is 23.4 Å². The smallest absolute Gasteiger partial charge is 0.241 e.